The standard InChI is InChI=1S/C13H8O4/c1-7-4-13(15)17-12-6-11-9(5-8(7)12)10(14)2-3-16-11/h2-6H,1H3. The summed E-state index contributed by atoms with van der Waals surface area (Å²) in [7, 11) is 0. The molecule has 0 radical (unpaired) electrons. The molecule has 0 unspecified atom stereocenters. The first-order chi connectivity index (χ1) is 8.15. The minimum Gasteiger partial charge on any atom is -0.464 e. The number of rotatable bonds is 0. The SMILES string of the molecule is Cc1cc(=O)oc2cc3occc(=O)c3cc12. The fourth-order valence-electron chi connectivity index (χ4n) is 1.90. The summed E-state index contributed by atoms with van der Waals surface area (Å²) in [5.41, 5.74) is 1.10. The molecule has 0 fully saturated rings. The summed E-state index contributed by atoms with van der Waals surface area (Å²) in [6, 6.07) is 6.02. The quantitative estimate of drug-likeness (QED) is 0.437. The molecular weight excluding hydrogens is 220 g/mol. The Labute approximate surface area is 95.1 Å². The molecule has 84 valence electrons. The second-order valence-electron chi connectivity index (χ2n) is 3.88. The van der Waals surface area contributed by atoms with Gasteiger partial charge in [0, 0.05) is 23.6 Å². The maximum atomic E-state index is 11.6. The monoisotopic (exact) mass is 228 g/mol. The van der Waals surface area contributed by atoms with Crippen LogP contribution >= 0.6 is 0 Å². The summed E-state index contributed by atoms with van der Waals surface area (Å²) in [5.74, 6) is 0. The fraction of sp³-hybridized carbons (Fsp3) is 0.0769. The van der Waals surface area contributed by atoms with Gasteiger partial charge >= 0.3 is 5.63 Å². The van der Waals surface area contributed by atoms with E-state index in [4.69, 9.17) is 8.83 Å². The van der Waals surface area contributed by atoms with Gasteiger partial charge in [0.25, 0.3) is 0 Å². The number of hydrogen-bond acceptors (Lipinski definition) is 4. The van der Waals surface area contributed by atoms with Crippen LogP contribution in [0.2, 0.25) is 0 Å². The molecule has 4 nitrogen and oxygen atoms in total. The van der Waals surface area contributed by atoms with Gasteiger partial charge in [-0.2, -0.15) is 0 Å². The molecule has 0 saturated carbocycles. The van der Waals surface area contributed by atoms with Gasteiger partial charge in [0.15, 0.2) is 5.43 Å². The number of fused-ring (bicyclic) bond motifs is 2. The van der Waals surface area contributed by atoms with E-state index in [0.717, 1.165) is 10.9 Å². The maximum Gasteiger partial charge on any atom is 0.336 e. The van der Waals surface area contributed by atoms with Crippen molar-refractivity contribution in [3.63, 3.8) is 0 Å². The van der Waals surface area contributed by atoms with Gasteiger partial charge in [-0.3, -0.25) is 4.79 Å². The van der Waals surface area contributed by atoms with Crippen LogP contribution < -0.4 is 11.1 Å². The molecule has 2 heterocycles. The molecule has 0 aliphatic carbocycles. The van der Waals surface area contributed by atoms with Crippen molar-refractivity contribution in [3.05, 3.63) is 56.7 Å². The Morgan fingerprint density at radius 2 is 1.82 bits per heavy atom. The van der Waals surface area contributed by atoms with Crippen molar-refractivity contribution in [1.29, 1.82) is 0 Å². The Hall–Kier alpha value is -2.36. The topological polar surface area (TPSA) is 60.4 Å². The first-order valence-electron chi connectivity index (χ1n) is 5.11. The van der Waals surface area contributed by atoms with E-state index >= 15 is 0 Å². The summed E-state index contributed by atoms with van der Waals surface area (Å²) in [5, 5.41) is 1.23. The molecule has 2 aromatic heterocycles. The highest BCUT2D eigenvalue weighted by Crippen LogP contribution is 2.21. The lowest BCUT2D eigenvalue weighted by Crippen LogP contribution is -2.01. The third-order valence-electron chi connectivity index (χ3n) is 2.73. The van der Waals surface area contributed by atoms with Gasteiger partial charge < -0.3 is 8.83 Å². The average Bonchev–Trinajstić information content (AvgIpc) is 2.27. The Morgan fingerprint density at radius 3 is 2.65 bits per heavy atom. The zero-order valence-corrected chi connectivity index (χ0v) is 9.02. The third-order valence-corrected chi connectivity index (χ3v) is 2.73. The van der Waals surface area contributed by atoms with Gasteiger partial charge in [0.2, 0.25) is 0 Å². The third kappa shape index (κ3) is 1.45. The first-order valence-corrected chi connectivity index (χ1v) is 5.11. The first kappa shape index (κ1) is 9.84. The number of hydrogen-bond donors (Lipinski definition) is 0. The smallest absolute Gasteiger partial charge is 0.336 e. The van der Waals surface area contributed by atoms with Gasteiger partial charge in [-0.25, -0.2) is 4.79 Å². The maximum absolute atomic E-state index is 11.6. The Balaban J connectivity index is 2.62. The van der Waals surface area contributed by atoms with Crippen LogP contribution in [0.5, 0.6) is 0 Å². The molecule has 0 amide bonds. The molecule has 0 aliphatic rings. The summed E-state index contributed by atoms with van der Waals surface area (Å²) in [6.45, 7) is 1.80. The van der Waals surface area contributed by atoms with Crippen molar-refractivity contribution in [2.45, 2.75) is 6.92 Å². The minimum absolute atomic E-state index is 0.112. The van der Waals surface area contributed by atoms with E-state index in [1.165, 1.54) is 18.4 Å². The summed E-state index contributed by atoms with van der Waals surface area (Å²) >= 11 is 0. The molecule has 3 aromatic rings. The van der Waals surface area contributed by atoms with Gasteiger partial charge in [-0.15, -0.1) is 0 Å². The molecular formula is C13H8O4. The van der Waals surface area contributed by atoms with E-state index in [-0.39, 0.29) is 5.43 Å². The predicted molar refractivity (Wildman–Crippen MR) is 63.3 cm³/mol. The zero-order valence-electron chi connectivity index (χ0n) is 9.02. The Bertz CT molecular complexity index is 839. The highest BCUT2D eigenvalue weighted by atomic mass is 16.4. The van der Waals surface area contributed by atoms with E-state index in [2.05, 4.69) is 0 Å². The van der Waals surface area contributed by atoms with Crippen molar-refractivity contribution in [2.75, 3.05) is 0 Å². The highest BCUT2D eigenvalue weighted by Gasteiger charge is 2.07. The zero-order chi connectivity index (χ0) is 12.0. The molecule has 1 aromatic carbocycles. The van der Waals surface area contributed by atoms with Crippen LogP contribution in [0.3, 0.4) is 0 Å². The molecule has 0 spiro atoms. The van der Waals surface area contributed by atoms with Crippen molar-refractivity contribution >= 4 is 21.9 Å². The molecule has 0 atom stereocenters. The van der Waals surface area contributed by atoms with E-state index < -0.39 is 5.63 Å². The second kappa shape index (κ2) is 3.31. The van der Waals surface area contributed by atoms with Crippen molar-refractivity contribution in [3.8, 4) is 0 Å². The molecule has 4 heteroatoms. The normalized spacial score (nSPS) is 11.1. The van der Waals surface area contributed by atoms with E-state index in [1.54, 1.807) is 19.1 Å². The summed E-state index contributed by atoms with van der Waals surface area (Å²) in [6.07, 6.45) is 1.32. The number of benzene rings is 1. The summed E-state index contributed by atoms with van der Waals surface area (Å²) < 4.78 is 10.3. The van der Waals surface area contributed by atoms with Crippen LogP contribution in [-0.4, -0.2) is 0 Å². The van der Waals surface area contributed by atoms with E-state index in [9.17, 15) is 9.59 Å². The van der Waals surface area contributed by atoms with E-state index in [0.29, 0.717) is 16.6 Å². The van der Waals surface area contributed by atoms with E-state index in [1.807, 2.05) is 0 Å². The largest absolute Gasteiger partial charge is 0.464 e. The van der Waals surface area contributed by atoms with Gasteiger partial charge in [0.1, 0.15) is 11.2 Å². The molecule has 0 N–H and O–H groups in total. The van der Waals surface area contributed by atoms with Crippen LogP contribution in [0.4, 0.5) is 0 Å². The molecule has 17 heavy (non-hydrogen) atoms. The van der Waals surface area contributed by atoms with Crippen LogP contribution in [0.15, 0.2) is 49.0 Å². The van der Waals surface area contributed by atoms with Crippen LogP contribution in [0.1, 0.15) is 5.56 Å². The predicted octanol–water partition coefficient (Wildman–Crippen LogP) is 2.21. The fourth-order valence-corrected chi connectivity index (χ4v) is 1.90. The van der Waals surface area contributed by atoms with Crippen molar-refractivity contribution < 1.29 is 8.83 Å². The van der Waals surface area contributed by atoms with Gasteiger partial charge in [-0.1, -0.05) is 0 Å². The van der Waals surface area contributed by atoms with Crippen molar-refractivity contribution in [1.82, 2.24) is 0 Å². The average molecular weight is 228 g/mol. The Kier molecular flexibility index (Phi) is 1.92. The lowest BCUT2D eigenvalue weighted by Gasteiger charge is -2.01. The van der Waals surface area contributed by atoms with Crippen LogP contribution in [-0.2, 0) is 0 Å². The molecule has 3 rings (SSSR count). The minimum atomic E-state index is -0.410. The summed E-state index contributed by atoms with van der Waals surface area (Å²) in [4.78, 5) is 22.9. The lowest BCUT2D eigenvalue weighted by molar-refractivity contribution is 0.557. The highest BCUT2D eigenvalue weighted by molar-refractivity contribution is 5.93. The lowest BCUT2D eigenvalue weighted by atomic mass is 10.1. The molecule has 0 saturated heterocycles. The van der Waals surface area contributed by atoms with Gasteiger partial charge in [0.05, 0.1) is 11.6 Å². The van der Waals surface area contributed by atoms with Crippen LogP contribution in [0.25, 0.3) is 21.9 Å². The molecule has 0 bridgehead atoms. The molecule has 0 aliphatic heterocycles. The van der Waals surface area contributed by atoms with Gasteiger partial charge in [-0.05, 0) is 18.6 Å². The van der Waals surface area contributed by atoms with Crippen molar-refractivity contribution in [2.24, 2.45) is 0 Å². The number of aryl methyl sites for hydroxylation is 1. The van der Waals surface area contributed by atoms with Crippen LogP contribution in [0, 0.1) is 6.92 Å². The Morgan fingerprint density at radius 1 is 1.00 bits per heavy atom. The second-order valence-corrected chi connectivity index (χ2v) is 3.88.